The highest BCUT2D eigenvalue weighted by molar-refractivity contribution is 5.94. The third kappa shape index (κ3) is 4.82. The van der Waals surface area contributed by atoms with Crippen LogP contribution in [0.4, 0.5) is 4.39 Å². The molecule has 0 aliphatic rings. The normalized spacial score (nSPS) is 11.0. The monoisotopic (exact) mass is 274 g/mol. The maximum Gasteiger partial charge on any atom is 0.251 e. The highest BCUT2D eigenvalue weighted by Crippen LogP contribution is 2.09. The van der Waals surface area contributed by atoms with E-state index < -0.39 is 5.83 Å². The van der Waals surface area contributed by atoms with Crippen LogP contribution in [0.25, 0.3) is 0 Å². The molecule has 0 fully saturated rings. The first kappa shape index (κ1) is 15.9. The Morgan fingerprint density at radius 2 is 2.20 bits per heavy atom. The summed E-state index contributed by atoms with van der Waals surface area (Å²) in [5.74, 6) is -0.826. The second-order valence-corrected chi connectivity index (χ2v) is 4.25. The van der Waals surface area contributed by atoms with E-state index in [4.69, 9.17) is 0 Å². The number of benzene rings is 1. The highest BCUT2D eigenvalue weighted by atomic mass is 19.1. The fraction of sp³-hybridized carbons (Fsp3) is 0.188. The van der Waals surface area contributed by atoms with E-state index in [2.05, 4.69) is 23.8 Å². The van der Waals surface area contributed by atoms with E-state index in [-0.39, 0.29) is 12.5 Å². The molecule has 3 nitrogen and oxygen atoms in total. The summed E-state index contributed by atoms with van der Waals surface area (Å²) >= 11 is 0. The summed E-state index contributed by atoms with van der Waals surface area (Å²) in [6.45, 7) is 7.48. The fourth-order valence-electron chi connectivity index (χ4n) is 1.69. The van der Waals surface area contributed by atoms with Crippen molar-refractivity contribution in [2.75, 3.05) is 13.6 Å². The molecule has 0 saturated carbocycles. The minimum Gasteiger partial charge on any atom is -0.348 e. The van der Waals surface area contributed by atoms with Crippen molar-refractivity contribution in [3.8, 4) is 0 Å². The first-order valence-electron chi connectivity index (χ1n) is 6.26. The number of amides is 1. The van der Waals surface area contributed by atoms with Gasteiger partial charge in [-0.25, -0.2) is 4.39 Å². The van der Waals surface area contributed by atoms with Crippen LogP contribution in [0.5, 0.6) is 0 Å². The Bertz CT molecular complexity index is 535. The Kier molecular flexibility index (Phi) is 6.40. The molecule has 0 atom stereocenters. The molecule has 0 unspecified atom stereocenters. The van der Waals surface area contributed by atoms with Crippen molar-refractivity contribution in [1.29, 1.82) is 0 Å². The van der Waals surface area contributed by atoms with Gasteiger partial charge in [0.1, 0.15) is 5.83 Å². The van der Waals surface area contributed by atoms with Crippen molar-refractivity contribution in [2.45, 2.75) is 6.54 Å². The number of carbonyl (C=O) groups excluding carboxylic acids is 1. The van der Waals surface area contributed by atoms with Crippen LogP contribution in [0.2, 0.25) is 0 Å². The molecule has 0 heterocycles. The van der Waals surface area contributed by atoms with Gasteiger partial charge in [0.25, 0.3) is 5.91 Å². The van der Waals surface area contributed by atoms with E-state index in [0.29, 0.717) is 17.7 Å². The van der Waals surface area contributed by atoms with Crippen molar-refractivity contribution in [2.24, 2.45) is 0 Å². The number of halogens is 1. The Morgan fingerprint density at radius 3 is 2.80 bits per heavy atom. The maximum atomic E-state index is 13.1. The van der Waals surface area contributed by atoms with Crippen molar-refractivity contribution in [1.82, 2.24) is 10.6 Å². The van der Waals surface area contributed by atoms with Crippen molar-refractivity contribution < 1.29 is 9.18 Å². The van der Waals surface area contributed by atoms with Gasteiger partial charge in [-0.05, 0) is 24.7 Å². The van der Waals surface area contributed by atoms with Crippen LogP contribution in [-0.2, 0) is 6.54 Å². The maximum absolute atomic E-state index is 13.1. The van der Waals surface area contributed by atoms with Gasteiger partial charge in [-0.2, -0.15) is 0 Å². The quantitative estimate of drug-likeness (QED) is 0.751. The summed E-state index contributed by atoms with van der Waals surface area (Å²) in [7, 11) is 1.84. The number of carbonyl (C=O) groups is 1. The Balaban J connectivity index is 2.71. The van der Waals surface area contributed by atoms with Crippen molar-refractivity contribution in [3.05, 3.63) is 72.1 Å². The van der Waals surface area contributed by atoms with Crippen LogP contribution in [0, 0.1) is 0 Å². The topological polar surface area (TPSA) is 41.1 Å². The first-order chi connectivity index (χ1) is 9.58. The highest BCUT2D eigenvalue weighted by Gasteiger charge is 2.08. The van der Waals surface area contributed by atoms with Gasteiger partial charge < -0.3 is 10.6 Å². The Hall–Kier alpha value is -2.20. The zero-order chi connectivity index (χ0) is 15.0. The molecule has 0 spiro atoms. The SMILES string of the molecule is C=C/C=C(/CNC(=O)c1cccc(CNC)c1)C(=C)F. The van der Waals surface area contributed by atoms with Gasteiger partial charge in [0, 0.05) is 24.2 Å². The predicted molar refractivity (Wildman–Crippen MR) is 80.1 cm³/mol. The first-order valence-corrected chi connectivity index (χ1v) is 6.26. The molecule has 0 aliphatic heterocycles. The van der Waals surface area contributed by atoms with Gasteiger partial charge in [0.2, 0.25) is 0 Å². The molecular formula is C16H19FN2O. The molecule has 1 rings (SSSR count). The third-order valence-corrected chi connectivity index (χ3v) is 2.68. The van der Waals surface area contributed by atoms with Crippen LogP contribution < -0.4 is 10.6 Å². The van der Waals surface area contributed by atoms with Crippen LogP contribution in [0.3, 0.4) is 0 Å². The van der Waals surface area contributed by atoms with Crippen LogP contribution in [0.15, 0.2) is 61.0 Å². The van der Waals surface area contributed by atoms with Crippen molar-refractivity contribution >= 4 is 5.91 Å². The molecule has 0 radical (unpaired) electrons. The lowest BCUT2D eigenvalue weighted by molar-refractivity contribution is 0.0957. The van der Waals surface area contributed by atoms with Gasteiger partial charge in [-0.1, -0.05) is 37.4 Å². The number of hydrogen-bond acceptors (Lipinski definition) is 2. The third-order valence-electron chi connectivity index (χ3n) is 2.68. The van der Waals surface area contributed by atoms with E-state index in [1.807, 2.05) is 19.2 Å². The van der Waals surface area contributed by atoms with E-state index in [9.17, 15) is 9.18 Å². The van der Waals surface area contributed by atoms with Gasteiger partial charge in [-0.15, -0.1) is 0 Å². The van der Waals surface area contributed by atoms with E-state index >= 15 is 0 Å². The zero-order valence-corrected chi connectivity index (χ0v) is 11.6. The Morgan fingerprint density at radius 1 is 1.45 bits per heavy atom. The van der Waals surface area contributed by atoms with Crippen LogP contribution in [0.1, 0.15) is 15.9 Å². The van der Waals surface area contributed by atoms with Crippen molar-refractivity contribution in [3.63, 3.8) is 0 Å². The molecule has 1 amide bonds. The summed E-state index contributed by atoms with van der Waals surface area (Å²) in [6, 6.07) is 7.26. The summed E-state index contributed by atoms with van der Waals surface area (Å²) in [4.78, 5) is 12.0. The van der Waals surface area contributed by atoms with Gasteiger partial charge >= 0.3 is 0 Å². The second-order valence-electron chi connectivity index (χ2n) is 4.25. The molecule has 0 bridgehead atoms. The summed E-state index contributed by atoms with van der Waals surface area (Å²) in [5, 5.41) is 5.68. The van der Waals surface area contributed by atoms with E-state index in [1.165, 1.54) is 12.2 Å². The standard InChI is InChI=1S/C16H19FN2O/c1-4-6-15(12(2)17)11-19-16(20)14-8-5-7-13(9-14)10-18-3/h4-9,18H,1-2,10-11H2,3H3,(H,19,20)/b15-6-. The largest absolute Gasteiger partial charge is 0.348 e. The summed E-state index contributed by atoms with van der Waals surface area (Å²) in [6.07, 6.45) is 2.94. The fourth-order valence-corrected chi connectivity index (χ4v) is 1.69. The molecule has 4 heteroatoms. The predicted octanol–water partition coefficient (Wildman–Crippen LogP) is 2.73. The smallest absolute Gasteiger partial charge is 0.251 e. The summed E-state index contributed by atoms with van der Waals surface area (Å²) < 4.78 is 13.1. The molecule has 0 aliphatic carbocycles. The number of allylic oxidation sites excluding steroid dienone is 2. The molecule has 1 aromatic carbocycles. The lowest BCUT2D eigenvalue weighted by Crippen LogP contribution is -2.26. The van der Waals surface area contributed by atoms with Crippen LogP contribution in [-0.4, -0.2) is 19.5 Å². The molecule has 20 heavy (non-hydrogen) atoms. The average Bonchev–Trinajstić information content (AvgIpc) is 2.43. The second kappa shape index (κ2) is 8.07. The molecule has 2 N–H and O–H groups in total. The van der Waals surface area contributed by atoms with E-state index in [0.717, 1.165) is 5.56 Å². The zero-order valence-electron chi connectivity index (χ0n) is 11.6. The van der Waals surface area contributed by atoms with E-state index in [1.54, 1.807) is 12.1 Å². The minimum atomic E-state index is -0.575. The summed E-state index contributed by atoms with van der Waals surface area (Å²) in [5.41, 5.74) is 1.86. The minimum absolute atomic E-state index is 0.0798. The molecule has 1 aromatic rings. The number of hydrogen-bond donors (Lipinski definition) is 2. The molecule has 0 aromatic heterocycles. The average molecular weight is 274 g/mol. The molecular weight excluding hydrogens is 255 g/mol. The Labute approximate surface area is 118 Å². The van der Waals surface area contributed by atoms with Crippen LogP contribution >= 0.6 is 0 Å². The lowest BCUT2D eigenvalue weighted by atomic mass is 10.1. The van der Waals surface area contributed by atoms with Gasteiger partial charge in [0.05, 0.1) is 0 Å². The lowest BCUT2D eigenvalue weighted by Gasteiger charge is -2.08. The number of nitrogens with one attached hydrogen (secondary N) is 2. The van der Waals surface area contributed by atoms with Gasteiger partial charge in [0.15, 0.2) is 0 Å². The van der Waals surface area contributed by atoms with Gasteiger partial charge in [-0.3, -0.25) is 4.79 Å². The molecule has 0 saturated heterocycles. The number of rotatable bonds is 7. The molecule has 106 valence electrons.